The Balaban J connectivity index is 2.93. The molecule has 16 heteroatoms. The van der Waals surface area contributed by atoms with Crippen LogP contribution in [0.4, 0.5) is 0 Å². The minimum Gasteiger partial charge on any atom is -0.481 e. The summed E-state index contributed by atoms with van der Waals surface area (Å²) >= 11 is 0. The predicted molar refractivity (Wildman–Crippen MR) is 162 cm³/mol. The van der Waals surface area contributed by atoms with Gasteiger partial charge in [0.25, 0.3) is 0 Å². The van der Waals surface area contributed by atoms with Gasteiger partial charge in [0, 0.05) is 6.42 Å². The minimum absolute atomic E-state index is 0.0384. The lowest BCUT2D eigenvalue weighted by Crippen LogP contribution is -2.57. The molecule has 1 aromatic carbocycles. The van der Waals surface area contributed by atoms with E-state index in [1.54, 1.807) is 30.3 Å². The maximum atomic E-state index is 13.4. The number of benzene rings is 1. The minimum atomic E-state index is -1.36. The van der Waals surface area contributed by atoms with Crippen LogP contribution in [0.15, 0.2) is 30.3 Å². The summed E-state index contributed by atoms with van der Waals surface area (Å²) in [5.74, 6) is -6.31. The SMILES string of the molecule is CC(C)C[C@H](NC(=O)[C@H](Cc1ccccc1)NC(=O)CNC(=O)CNC(=O)[C@@H](N)CC(=O)O)C(=O)N[C@@H](CCCCN)C(=O)O. The molecule has 0 spiro atoms. The van der Waals surface area contributed by atoms with Gasteiger partial charge in [-0.2, -0.15) is 0 Å². The van der Waals surface area contributed by atoms with Crippen LogP contribution in [0, 0.1) is 5.92 Å². The second-order valence-corrected chi connectivity index (χ2v) is 10.9. The molecule has 0 unspecified atom stereocenters. The smallest absolute Gasteiger partial charge is 0.326 e. The van der Waals surface area contributed by atoms with Crippen LogP contribution in [-0.2, 0) is 40.0 Å². The molecule has 11 N–H and O–H groups in total. The van der Waals surface area contributed by atoms with Gasteiger partial charge in [0.1, 0.15) is 18.1 Å². The number of aliphatic carboxylic acids is 2. The third kappa shape index (κ3) is 16.2. The molecule has 16 nitrogen and oxygen atoms in total. The van der Waals surface area contributed by atoms with E-state index in [0.717, 1.165) is 0 Å². The Hall–Kier alpha value is -4.57. The second kappa shape index (κ2) is 20.4. The Kier molecular flexibility index (Phi) is 17.4. The van der Waals surface area contributed by atoms with Gasteiger partial charge in [0.05, 0.1) is 25.6 Å². The molecule has 5 amide bonds. The van der Waals surface area contributed by atoms with Gasteiger partial charge >= 0.3 is 11.9 Å². The lowest BCUT2D eigenvalue weighted by Gasteiger charge is -2.25. The van der Waals surface area contributed by atoms with E-state index < -0.39 is 85.2 Å². The molecule has 1 rings (SSSR count). The maximum Gasteiger partial charge on any atom is 0.326 e. The molecule has 0 saturated carbocycles. The van der Waals surface area contributed by atoms with Crippen molar-refractivity contribution in [2.75, 3.05) is 19.6 Å². The molecule has 0 aromatic heterocycles. The van der Waals surface area contributed by atoms with Crippen molar-refractivity contribution in [3.8, 4) is 0 Å². The van der Waals surface area contributed by atoms with Crippen LogP contribution < -0.4 is 38.1 Å². The molecular formula is C29H45N7O9. The van der Waals surface area contributed by atoms with E-state index in [9.17, 15) is 38.7 Å². The Labute approximate surface area is 261 Å². The highest BCUT2D eigenvalue weighted by atomic mass is 16.4. The van der Waals surface area contributed by atoms with Crippen LogP contribution in [0.1, 0.15) is 51.5 Å². The van der Waals surface area contributed by atoms with Gasteiger partial charge < -0.3 is 48.3 Å². The zero-order valence-corrected chi connectivity index (χ0v) is 25.5. The van der Waals surface area contributed by atoms with Crippen molar-refractivity contribution in [2.45, 2.75) is 76.5 Å². The lowest BCUT2D eigenvalue weighted by molar-refractivity contribution is -0.142. The zero-order chi connectivity index (χ0) is 33.9. The molecule has 0 bridgehead atoms. The number of nitrogens with two attached hydrogens (primary N) is 2. The first-order valence-electron chi connectivity index (χ1n) is 14.6. The van der Waals surface area contributed by atoms with Gasteiger partial charge in [-0.3, -0.25) is 28.8 Å². The molecule has 0 fully saturated rings. The fraction of sp³-hybridized carbons (Fsp3) is 0.552. The highest BCUT2D eigenvalue weighted by Crippen LogP contribution is 2.09. The van der Waals surface area contributed by atoms with Gasteiger partial charge in [-0.1, -0.05) is 44.2 Å². The highest BCUT2D eigenvalue weighted by Gasteiger charge is 2.30. The first kappa shape index (κ1) is 38.5. The summed E-state index contributed by atoms with van der Waals surface area (Å²) < 4.78 is 0. The summed E-state index contributed by atoms with van der Waals surface area (Å²) in [6.45, 7) is 2.91. The number of hydrogen-bond donors (Lipinski definition) is 9. The number of carboxylic acids is 2. The summed E-state index contributed by atoms with van der Waals surface area (Å²) in [4.78, 5) is 85.6. The van der Waals surface area contributed by atoms with Crippen molar-refractivity contribution in [2.24, 2.45) is 17.4 Å². The van der Waals surface area contributed by atoms with Crippen molar-refractivity contribution in [3.63, 3.8) is 0 Å². The Bertz CT molecular complexity index is 1160. The number of carbonyl (C=O) groups excluding carboxylic acids is 5. The van der Waals surface area contributed by atoms with Crippen molar-refractivity contribution in [1.82, 2.24) is 26.6 Å². The van der Waals surface area contributed by atoms with Gasteiger partial charge in [-0.05, 0) is 43.7 Å². The summed E-state index contributed by atoms with van der Waals surface area (Å²) in [6, 6.07) is 3.94. The molecule has 1 aromatic rings. The summed E-state index contributed by atoms with van der Waals surface area (Å²) in [6.07, 6.45) is 0.838. The predicted octanol–water partition coefficient (Wildman–Crippen LogP) is -2.02. The fourth-order valence-electron chi connectivity index (χ4n) is 4.12. The largest absolute Gasteiger partial charge is 0.481 e. The Morgan fingerprint density at radius 2 is 1.36 bits per heavy atom. The van der Waals surface area contributed by atoms with Crippen molar-refractivity contribution in [1.29, 1.82) is 0 Å². The molecule has 45 heavy (non-hydrogen) atoms. The molecular weight excluding hydrogens is 590 g/mol. The number of hydrogen-bond acceptors (Lipinski definition) is 9. The molecule has 0 aliphatic heterocycles. The Morgan fingerprint density at radius 3 is 1.93 bits per heavy atom. The lowest BCUT2D eigenvalue weighted by atomic mass is 10.0. The van der Waals surface area contributed by atoms with E-state index >= 15 is 0 Å². The highest BCUT2D eigenvalue weighted by molar-refractivity contribution is 5.95. The second-order valence-electron chi connectivity index (χ2n) is 10.9. The molecule has 4 atom stereocenters. The third-order valence-corrected chi connectivity index (χ3v) is 6.44. The average Bonchev–Trinajstić information content (AvgIpc) is 2.97. The van der Waals surface area contributed by atoms with E-state index in [4.69, 9.17) is 16.6 Å². The maximum absolute atomic E-state index is 13.4. The van der Waals surface area contributed by atoms with E-state index in [1.165, 1.54) is 0 Å². The van der Waals surface area contributed by atoms with Crippen molar-refractivity contribution in [3.05, 3.63) is 35.9 Å². The number of unbranched alkanes of at least 4 members (excludes halogenated alkanes) is 1. The van der Waals surface area contributed by atoms with Gasteiger partial charge in [-0.15, -0.1) is 0 Å². The topological polar surface area (TPSA) is 272 Å². The van der Waals surface area contributed by atoms with Gasteiger partial charge in [0.15, 0.2) is 0 Å². The van der Waals surface area contributed by atoms with Crippen LogP contribution >= 0.6 is 0 Å². The number of nitrogens with one attached hydrogen (secondary N) is 5. The van der Waals surface area contributed by atoms with Crippen molar-refractivity contribution >= 4 is 41.5 Å². The van der Waals surface area contributed by atoms with Gasteiger partial charge in [-0.25, -0.2) is 4.79 Å². The van der Waals surface area contributed by atoms with E-state index in [0.29, 0.717) is 24.9 Å². The first-order valence-corrected chi connectivity index (χ1v) is 14.6. The van der Waals surface area contributed by atoms with Crippen molar-refractivity contribution < 1.29 is 43.8 Å². The first-order chi connectivity index (χ1) is 21.2. The standard InChI is InChI=1S/C29H45N7O9/c1-17(2)12-21(27(42)35-20(29(44)45)10-6-7-11-30)36-28(43)22(13-18-8-4-3-5-9-18)34-24(38)16-32-23(37)15-33-26(41)19(31)14-25(39)40/h3-5,8-9,17,19-22H,6-7,10-16,30-31H2,1-2H3,(H,32,37)(H,33,41)(H,34,38)(H,35,42)(H,36,43)(H,39,40)(H,44,45)/t19-,20-,21-,22-/m0/s1. The van der Waals surface area contributed by atoms with E-state index in [-0.39, 0.29) is 25.2 Å². The average molecular weight is 636 g/mol. The monoisotopic (exact) mass is 635 g/mol. The molecule has 250 valence electrons. The molecule has 0 aliphatic carbocycles. The van der Waals surface area contributed by atoms with E-state index in [1.807, 2.05) is 13.8 Å². The number of rotatable bonds is 21. The number of carbonyl (C=O) groups is 7. The van der Waals surface area contributed by atoms with Crippen LogP contribution in [0.3, 0.4) is 0 Å². The fourth-order valence-corrected chi connectivity index (χ4v) is 4.12. The normalized spacial score (nSPS) is 13.4. The summed E-state index contributed by atoms with van der Waals surface area (Å²) in [5, 5.41) is 30.4. The zero-order valence-electron chi connectivity index (χ0n) is 25.5. The molecule has 0 radical (unpaired) electrons. The third-order valence-electron chi connectivity index (χ3n) is 6.44. The molecule has 0 saturated heterocycles. The van der Waals surface area contributed by atoms with Crippen LogP contribution in [0.2, 0.25) is 0 Å². The summed E-state index contributed by atoms with van der Waals surface area (Å²) in [7, 11) is 0. The van der Waals surface area contributed by atoms with Crippen LogP contribution in [0.25, 0.3) is 0 Å². The molecule has 0 aliphatic rings. The summed E-state index contributed by atoms with van der Waals surface area (Å²) in [5.41, 5.74) is 11.6. The van der Waals surface area contributed by atoms with E-state index in [2.05, 4.69) is 26.6 Å². The van der Waals surface area contributed by atoms with Crippen LogP contribution in [0.5, 0.6) is 0 Å². The number of amides is 5. The molecule has 0 heterocycles. The van der Waals surface area contributed by atoms with Crippen LogP contribution in [-0.4, -0.2) is 95.5 Å². The quantitative estimate of drug-likeness (QED) is 0.0665. The Morgan fingerprint density at radius 1 is 0.756 bits per heavy atom. The van der Waals surface area contributed by atoms with Gasteiger partial charge in [0.2, 0.25) is 29.5 Å². The number of carboxylic acid groups (broad SMARTS) is 2.